The van der Waals surface area contributed by atoms with Crippen molar-refractivity contribution in [2.24, 2.45) is 0 Å². The van der Waals surface area contributed by atoms with Crippen molar-refractivity contribution in [1.82, 2.24) is 0 Å². The summed E-state index contributed by atoms with van der Waals surface area (Å²) in [7, 11) is -4.57. The Kier molecular flexibility index (Phi) is 42.2. The molecule has 512 valence electrons. The molecule has 3 rings (SSSR count). The number of Topliss-reactive ketones (excluding diaryl/α,β-unsaturated/α-hetero) is 1. The van der Waals surface area contributed by atoms with Crippen LogP contribution in [0.2, 0.25) is 18.6 Å². The number of aryl methyl sites for hydroxylation is 3. The number of alkyl halides is 1. The van der Waals surface area contributed by atoms with E-state index in [9.17, 15) is 34.8 Å². The average molecular weight is 1430 g/mol. The van der Waals surface area contributed by atoms with Crippen LogP contribution in [0, 0.1) is 0 Å². The van der Waals surface area contributed by atoms with Gasteiger partial charge in [0.05, 0.1) is 0 Å². The Morgan fingerprint density at radius 2 is 0.700 bits per heavy atom. The van der Waals surface area contributed by atoms with Gasteiger partial charge in [0.2, 0.25) is 0 Å². The third-order valence-electron chi connectivity index (χ3n) is 14.8. The zero-order chi connectivity index (χ0) is 69.0. The van der Waals surface area contributed by atoms with Gasteiger partial charge in [-0.3, -0.25) is 9.59 Å². The third-order valence-corrected chi connectivity index (χ3v) is 21.4. The van der Waals surface area contributed by atoms with E-state index in [1.807, 2.05) is 65.8 Å². The van der Waals surface area contributed by atoms with Crippen molar-refractivity contribution in [2.45, 2.75) is 300 Å². The Morgan fingerprint density at radius 1 is 0.433 bits per heavy atom. The zero-order valence-corrected chi connectivity index (χ0v) is 68.6. The molecule has 0 radical (unpaired) electrons. The van der Waals surface area contributed by atoms with E-state index in [1.54, 1.807) is 0 Å². The van der Waals surface area contributed by atoms with E-state index < -0.39 is 29.3 Å². The van der Waals surface area contributed by atoms with Gasteiger partial charge in [0, 0.05) is 64.3 Å². The first-order valence-electron chi connectivity index (χ1n) is 33.1. The summed E-state index contributed by atoms with van der Waals surface area (Å²) in [5.74, 6) is -0.559. The number of aliphatic carboxylic acids is 2. The summed E-state index contributed by atoms with van der Waals surface area (Å²) in [6.45, 7) is 53.5. The molecule has 0 aliphatic rings. The first kappa shape index (κ1) is 90.3. The second-order valence-electron chi connectivity index (χ2n) is 30.1. The molecule has 0 fully saturated rings. The molecule has 0 bridgehead atoms. The number of carboxylic acid groups (broad SMARTS) is 2. The topological polar surface area (TPSA) is 201 Å². The van der Waals surface area contributed by atoms with Crippen molar-refractivity contribution in [3.05, 3.63) is 86.5 Å². The number of phenols is 3. The van der Waals surface area contributed by atoms with Gasteiger partial charge in [-0.1, -0.05) is 218 Å². The number of rotatable bonds is 31. The molecule has 0 atom stereocenters. The molecule has 0 heterocycles. The first-order chi connectivity index (χ1) is 40.8. The van der Waals surface area contributed by atoms with Gasteiger partial charge in [0.15, 0.2) is 0 Å². The molecule has 0 unspecified atom stereocenters. The summed E-state index contributed by atoms with van der Waals surface area (Å²) in [5.41, 5.74) is 7.29. The summed E-state index contributed by atoms with van der Waals surface area (Å²) < 4.78 is 31.5. The molecule has 13 nitrogen and oxygen atoms in total. The number of aromatic hydroxyl groups is 3. The molecular weight excluding hydrogens is 1310 g/mol. The fourth-order valence-corrected chi connectivity index (χ4v) is 16.1. The molecule has 0 aromatic heterocycles. The Morgan fingerprint density at radius 3 is 0.944 bits per heavy atom. The van der Waals surface area contributed by atoms with Crippen molar-refractivity contribution in [3.8, 4) is 17.2 Å². The minimum Gasteiger partial charge on any atom is -0.550 e. The van der Waals surface area contributed by atoms with Crippen LogP contribution in [0.5, 0.6) is 17.2 Å². The van der Waals surface area contributed by atoms with E-state index in [4.69, 9.17) is 27.2 Å². The van der Waals surface area contributed by atoms with Gasteiger partial charge >= 0.3 is 74.7 Å². The zero-order valence-electron chi connectivity index (χ0n) is 61.4. The van der Waals surface area contributed by atoms with Gasteiger partial charge < -0.3 is 52.5 Å². The summed E-state index contributed by atoms with van der Waals surface area (Å²) in [6.07, 6.45) is 9.56. The predicted octanol–water partition coefficient (Wildman–Crippen LogP) is 14.9. The smallest absolute Gasteiger partial charge is 0.550 e. The number of hydrogen-bond donors (Lipinski definition) is 4. The van der Waals surface area contributed by atoms with Gasteiger partial charge in [-0.15, -0.1) is 0 Å². The molecule has 90 heavy (non-hydrogen) atoms. The average Bonchev–Trinajstić information content (AvgIpc) is 0.861. The molecule has 4 N–H and O–H groups in total. The van der Waals surface area contributed by atoms with Crippen molar-refractivity contribution < 1.29 is 113 Å². The molecular formula is C73H126IKO13Si2. The van der Waals surface area contributed by atoms with Crippen molar-refractivity contribution in [3.63, 3.8) is 0 Å². The molecule has 0 amide bonds. The normalized spacial score (nSPS) is 12.4. The minimum absolute atomic E-state index is 0. The minimum atomic E-state index is -2.76. The van der Waals surface area contributed by atoms with Crippen molar-refractivity contribution >= 4 is 57.7 Å². The maximum Gasteiger partial charge on any atom is 1.00 e. The number of hydrogen-bond acceptors (Lipinski definition) is 12. The molecule has 0 spiro atoms. The number of ketones is 1. The number of halogens is 1. The first-order valence-corrected chi connectivity index (χ1v) is 39.1. The Bertz CT molecular complexity index is 2340. The molecule has 0 saturated carbocycles. The fourth-order valence-electron chi connectivity index (χ4n) is 9.68. The quantitative estimate of drug-likeness (QED) is 0.0270. The van der Waals surface area contributed by atoms with Crippen LogP contribution >= 0.6 is 22.6 Å². The standard InChI is InChI=1S/C29H52O5Si.2C17H26O3.C10H23IO2Si.K/c1-10-17-32-35(33-18-11-2,34-19-12-3)20-13-14-24(30)16-15-23-21-25(28(4,5)6)27(31)26(22-23)29(7,8)9;2*1-16(2,3)12-9-11(7-8-14(18)19)10-13(15(12)20)17(4,5)6;1-4-8-12-14(3,10-6-7-11)13-9-5-2;/h21-22,31H,10-20H2,1-9H3;2*9-10,20H,7-8H2,1-6H3,(H,18,19);4-10H2,1-3H3;/q;;;;+1/p-1. The second kappa shape index (κ2) is 42.1. The van der Waals surface area contributed by atoms with Crippen LogP contribution < -0.4 is 56.5 Å². The van der Waals surface area contributed by atoms with Gasteiger partial charge in [-0.25, -0.2) is 0 Å². The molecule has 3 aromatic carbocycles. The summed E-state index contributed by atoms with van der Waals surface area (Å²) in [5, 5.41) is 51.5. The van der Waals surface area contributed by atoms with Crippen LogP contribution in [0.1, 0.15) is 280 Å². The van der Waals surface area contributed by atoms with Crippen LogP contribution in [0.3, 0.4) is 0 Å². The predicted molar refractivity (Wildman–Crippen MR) is 380 cm³/mol. The third kappa shape index (κ3) is 34.8. The second-order valence-corrected chi connectivity index (χ2v) is 37.3. The monoisotopic (exact) mass is 1430 g/mol. The van der Waals surface area contributed by atoms with E-state index in [0.29, 0.717) is 75.2 Å². The van der Waals surface area contributed by atoms with E-state index in [1.165, 1.54) is 10.8 Å². The van der Waals surface area contributed by atoms with Gasteiger partial charge in [-0.05, 0) is 170 Å². The van der Waals surface area contributed by atoms with Crippen LogP contribution in [0.15, 0.2) is 36.4 Å². The summed E-state index contributed by atoms with van der Waals surface area (Å²) in [4.78, 5) is 34.2. The van der Waals surface area contributed by atoms with Gasteiger partial charge in [0.1, 0.15) is 23.0 Å². The van der Waals surface area contributed by atoms with Gasteiger partial charge in [-0.2, -0.15) is 0 Å². The molecule has 3 aromatic rings. The largest absolute Gasteiger partial charge is 1.00 e. The van der Waals surface area contributed by atoms with Crippen LogP contribution in [0.4, 0.5) is 0 Å². The van der Waals surface area contributed by atoms with E-state index in [-0.39, 0.29) is 102 Å². The van der Waals surface area contributed by atoms with Crippen LogP contribution in [-0.4, -0.2) is 93.0 Å². The van der Waals surface area contributed by atoms with Crippen molar-refractivity contribution in [2.75, 3.05) is 37.5 Å². The number of carbonyl (C=O) groups is 3. The number of carboxylic acids is 2. The van der Waals surface area contributed by atoms with E-state index >= 15 is 0 Å². The van der Waals surface area contributed by atoms with Crippen molar-refractivity contribution in [1.29, 1.82) is 0 Å². The summed E-state index contributed by atoms with van der Waals surface area (Å²) >= 11 is 2.41. The van der Waals surface area contributed by atoms with Gasteiger partial charge in [0.25, 0.3) is 0 Å². The van der Waals surface area contributed by atoms with Crippen LogP contribution in [0.25, 0.3) is 0 Å². The summed E-state index contributed by atoms with van der Waals surface area (Å²) in [6, 6.07) is 13.7. The van der Waals surface area contributed by atoms with Crippen LogP contribution in [-0.2, 0) is 88.3 Å². The van der Waals surface area contributed by atoms with E-state index in [2.05, 4.69) is 159 Å². The van der Waals surface area contributed by atoms with E-state index in [0.717, 1.165) is 108 Å². The number of benzene rings is 3. The Hall–Kier alpha value is -1.73. The maximum atomic E-state index is 12.8. The SMILES string of the molecule is CC(C)(C)c1cc(CCC(=O)O)cc(C(C)(C)C)c1O.CC(C)(C)c1cc(CCC(=O)[O-])cc(C(C)(C)C)c1O.CCCO[Si](C)(CCCI)OCCC.CCCO[Si](CCCC(=O)CCc1cc(C(C)(C)C)c(O)c(C(C)(C)C)c1)(OCCC)OCCC.[K+]. The molecule has 0 aliphatic carbocycles. The number of phenolic OH excluding ortho intramolecular Hbond substituents is 3. The number of carbonyl (C=O) groups excluding carboxylic acids is 2. The Balaban J connectivity index is 0. The molecule has 17 heteroatoms. The maximum absolute atomic E-state index is 12.8. The molecule has 0 aliphatic heterocycles. The Labute approximate surface area is 606 Å². The fraction of sp³-hybridized carbons (Fsp3) is 0.712. The molecule has 0 saturated heterocycles.